The van der Waals surface area contributed by atoms with E-state index in [-0.39, 0.29) is 5.92 Å². The van der Waals surface area contributed by atoms with Gasteiger partial charge in [0.15, 0.2) is 0 Å². The Hall–Kier alpha value is -3.16. The molecule has 0 N–H and O–H groups in total. The molecule has 0 unspecified atom stereocenters. The maximum Gasteiger partial charge on any atom is 0.143 e. The van der Waals surface area contributed by atoms with Crippen molar-refractivity contribution >= 4 is 0 Å². The molecule has 0 spiro atoms. The van der Waals surface area contributed by atoms with Crippen molar-refractivity contribution < 1.29 is 4.74 Å². The Morgan fingerprint density at radius 2 is 1.04 bits per heavy atom. The number of hydrogen-bond acceptors (Lipinski definition) is 1. The van der Waals surface area contributed by atoms with E-state index in [1.165, 1.54) is 27.8 Å². The predicted octanol–water partition coefficient (Wildman–Crippen LogP) is 6.12. The largest absolute Gasteiger partial charge is 0.364 e. The molecule has 0 fully saturated rings. The van der Waals surface area contributed by atoms with E-state index < -0.39 is 5.60 Å². The third-order valence-corrected chi connectivity index (χ3v) is 5.92. The molecule has 1 nitrogen and oxygen atoms in total. The maximum absolute atomic E-state index is 6.40. The molecule has 4 aromatic rings. The molecule has 0 amide bonds. The lowest BCUT2D eigenvalue weighted by Gasteiger charge is -2.43. The Morgan fingerprint density at radius 3 is 1.57 bits per heavy atom. The van der Waals surface area contributed by atoms with Gasteiger partial charge in [0.25, 0.3) is 0 Å². The molecule has 0 aliphatic heterocycles. The quantitative estimate of drug-likeness (QED) is 0.427. The molecular weight excluding hydrogens is 340 g/mol. The van der Waals surface area contributed by atoms with E-state index in [0.717, 1.165) is 5.56 Å². The standard InChI is InChI=1S/C27H22O/c1-28-27(21-14-6-3-7-15-21)24-18-10-8-16-22(24)26(20-12-4-2-5-13-20)23-17-9-11-19-25(23)27/h2-19,26H,1H3. The average molecular weight is 362 g/mol. The smallest absolute Gasteiger partial charge is 0.143 e. The highest BCUT2D eigenvalue weighted by Crippen LogP contribution is 2.52. The summed E-state index contributed by atoms with van der Waals surface area (Å²) in [5.41, 5.74) is 6.90. The van der Waals surface area contributed by atoms with Crippen LogP contribution in [0.5, 0.6) is 0 Å². The molecule has 4 aromatic carbocycles. The third-order valence-electron chi connectivity index (χ3n) is 5.92. The molecule has 0 saturated carbocycles. The second kappa shape index (κ2) is 6.78. The summed E-state index contributed by atoms with van der Waals surface area (Å²) in [5.74, 6) is 0.195. The van der Waals surface area contributed by atoms with Gasteiger partial charge in [-0.3, -0.25) is 0 Å². The molecule has 1 heteroatoms. The highest BCUT2D eigenvalue weighted by Gasteiger charge is 2.45. The van der Waals surface area contributed by atoms with Gasteiger partial charge < -0.3 is 4.74 Å². The minimum Gasteiger partial charge on any atom is -0.364 e. The molecule has 136 valence electrons. The number of benzene rings is 4. The van der Waals surface area contributed by atoms with E-state index in [1.807, 2.05) is 7.11 Å². The number of methoxy groups -OCH3 is 1. The molecule has 28 heavy (non-hydrogen) atoms. The topological polar surface area (TPSA) is 9.23 Å². The fourth-order valence-electron chi connectivity index (χ4n) is 4.78. The van der Waals surface area contributed by atoms with Crippen LogP contribution in [0.15, 0.2) is 109 Å². The molecule has 1 aliphatic rings. The Balaban J connectivity index is 1.88. The van der Waals surface area contributed by atoms with Crippen LogP contribution in [0.2, 0.25) is 0 Å². The third kappa shape index (κ3) is 2.37. The fraction of sp³-hybridized carbons (Fsp3) is 0.111. The first-order valence-corrected chi connectivity index (χ1v) is 9.70. The van der Waals surface area contributed by atoms with Gasteiger partial charge in [-0.1, -0.05) is 109 Å². The first-order valence-electron chi connectivity index (χ1n) is 9.70. The van der Waals surface area contributed by atoms with Crippen molar-refractivity contribution in [1.82, 2.24) is 0 Å². The lowest BCUT2D eigenvalue weighted by atomic mass is 9.65. The van der Waals surface area contributed by atoms with Crippen LogP contribution in [0.3, 0.4) is 0 Å². The minimum atomic E-state index is -0.611. The zero-order valence-electron chi connectivity index (χ0n) is 15.9. The second-order valence-electron chi connectivity index (χ2n) is 7.27. The summed E-state index contributed by atoms with van der Waals surface area (Å²) < 4.78 is 6.40. The molecule has 0 saturated heterocycles. The van der Waals surface area contributed by atoms with Gasteiger partial charge in [-0.2, -0.15) is 0 Å². The van der Waals surface area contributed by atoms with Gasteiger partial charge >= 0.3 is 0 Å². The highest BCUT2D eigenvalue weighted by atomic mass is 16.5. The lowest BCUT2D eigenvalue weighted by Crippen LogP contribution is -2.38. The zero-order chi connectivity index (χ0) is 19.0. The van der Waals surface area contributed by atoms with Crippen LogP contribution in [-0.4, -0.2) is 7.11 Å². The molecule has 0 bridgehead atoms. The summed E-state index contributed by atoms with van der Waals surface area (Å²) in [6.45, 7) is 0. The van der Waals surface area contributed by atoms with Gasteiger partial charge in [-0.05, 0) is 33.4 Å². The van der Waals surface area contributed by atoms with E-state index in [1.54, 1.807) is 0 Å². The summed E-state index contributed by atoms with van der Waals surface area (Å²) in [4.78, 5) is 0. The number of hydrogen-bond donors (Lipinski definition) is 0. The summed E-state index contributed by atoms with van der Waals surface area (Å²) in [5, 5.41) is 0. The van der Waals surface area contributed by atoms with Gasteiger partial charge in [0.2, 0.25) is 0 Å². The Bertz CT molecular complexity index is 1050. The monoisotopic (exact) mass is 362 g/mol. The van der Waals surface area contributed by atoms with Crippen LogP contribution in [-0.2, 0) is 10.3 Å². The van der Waals surface area contributed by atoms with Gasteiger partial charge in [0.05, 0.1) is 0 Å². The van der Waals surface area contributed by atoms with Crippen molar-refractivity contribution in [3.05, 3.63) is 143 Å². The summed E-state index contributed by atoms with van der Waals surface area (Å²) in [6.07, 6.45) is 0. The van der Waals surface area contributed by atoms with Crippen molar-refractivity contribution in [3.63, 3.8) is 0 Å². The molecule has 0 radical (unpaired) electrons. The predicted molar refractivity (Wildman–Crippen MR) is 114 cm³/mol. The number of ether oxygens (including phenoxy) is 1. The zero-order valence-corrected chi connectivity index (χ0v) is 15.9. The van der Waals surface area contributed by atoms with Crippen molar-refractivity contribution in [3.8, 4) is 0 Å². The van der Waals surface area contributed by atoms with E-state index in [2.05, 4.69) is 109 Å². The van der Waals surface area contributed by atoms with Crippen LogP contribution >= 0.6 is 0 Å². The van der Waals surface area contributed by atoms with Crippen LogP contribution < -0.4 is 0 Å². The molecule has 5 rings (SSSR count). The molecular formula is C27H22O. The van der Waals surface area contributed by atoms with Crippen molar-refractivity contribution in [2.45, 2.75) is 11.5 Å². The van der Waals surface area contributed by atoms with Gasteiger partial charge in [-0.25, -0.2) is 0 Å². The van der Waals surface area contributed by atoms with Gasteiger partial charge in [-0.15, -0.1) is 0 Å². The van der Waals surface area contributed by atoms with E-state index in [4.69, 9.17) is 4.74 Å². The van der Waals surface area contributed by atoms with Crippen LogP contribution in [0, 0.1) is 0 Å². The second-order valence-corrected chi connectivity index (χ2v) is 7.27. The van der Waals surface area contributed by atoms with Gasteiger partial charge in [0, 0.05) is 13.0 Å². The molecule has 0 heterocycles. The normalized spacial score (nSPS) is 20.2. The maximum atomic E-state index is 6.40. The number of fused-ring (bicyclic) bond motifs is 2. The van der Waals surface area contributed by atoms with Crippen LogP contribution in [0.4, 0.5) is 0 Å². The lowest BCUT2D eigenvalue weighted by molar-refractivity contribution is 0.0546. The first-order chi connectivity index (χ1) is 13.9. The van der Waals surface area contributed by atoms with E-state index >= 15 is 0 Å². The summed E-state index contributed by atoms with van der Waals surface area (Å²) >= 11 is 0. The van der Waals surface area contributed by atoms with Crippen LogP contribution in [0.25, 0.3) is 0 Å². The van der Waals surface area contributed by atoms with Crippen LogP contribution in [0.1, 0.15) is 39.3 Å². The fourth-order valence-corrected chi connectivity index (χ4v) is 4.78. The summed E-state index contributed by atoms with van der Waals surface area (Å²) in [6, 6.07) is 38.8. The molecule has 1 aliphatic carbocycles. The summed E-state index contributed by atoms with van der Waals surface area (Å²) in [7, 11) is 1.82. The van der Waals surface area contributed by atoms with E-state index in [9.17, 15) is 0 Å². The van der Waals surface area contributed by atoms with E-state index in [0.29, 0.717) is 0 Å². The van der Waals surface area contributed by atoms with Crippen molar-refractivity contribution in [1.29, 1.82) is 0 Å². The SMILES string of the molecule is COC1(c2ccccc2)c2ccccc2C(c2ccccc2)c2ccccc21. The molecule has 0 aromatic heterocycles. The Kier molecular flexibility index (Phi) is 4.11. The Morgan fingerprint density at radius 1 is 0.571 bits per heavy atom. The molecule has 0 atom stereocenters. The highest BCUT2D eigenvalue weighted by molar-refractivity contribution is 5.63. The van der Waals surface area contributed by atoms with Crippen molar-refractivity contribution in [2.75, 3.05) is 7.11 Å². The number of rotatable bonds is 3. The average Bonchev–Trinajstić information content (AvgIpc) is 2.78. The first kappa shape index (κ1) is 17.0. The van der Waals surface area contributed by atoms with Gasteiger partial charge in [0.1, 0.15) is 5.60 Å². The minimum absolute atomic E-state index is 0.195. The van der Waals surface area contributed by atoms with Crippen molar-refractivity contribution in [2.24, 2.45) is 0 Å². The Labute approximate surface area is 166 Å².